The summed E-state index contributed by atoms with van der Waals surface area (Å²) >= 11 is 0. The monoisotopic (exact) mass is 263 g/mol. The maximum atomic E-state index is 11.9. The fraction of sp³-hybridized carbons (Fsp3) is 0.182. The minimum Gasteiger partial charge on any atom is -0.854 e. The number of aromatic nitrogens is 2. The molecule has 8 nitrogen and oxygen atoms in total. The van der Waals surface area contributed by atoms with Gasteiger partial charge in [-0.05, 0) is 17.4 Å². The van der Waals surface area contributed by atoms with E-state index in [1.165, 1.54) is 11.7 Å². The maximum absolute atomic E-state index is 11.9. The maximum Gasteiger partial charge on any atom is 0.435 e. The lowest BCUT2D eigenvalue weighted by atomic mass is 10.3. The minimum absolute atomic E-state index is 0.142. The van der Waals surface area contributed by atoms with Crippen LogP contribution in [0.4, 0.5) is 5.69 Å². The van der Waals surface area contributed by atoms with Crippen LogP contribution in [-0.4, -0.2) is 18.0 Å². The molecule has 1 N–H and O–H groups in total. The van der Waals surface area contributed by atoms with Crippen LogP contribution in [0.5, 0.6) is 11.5 Å². The number of fused-ring (bicyclic) bond motifs is 1. The highest BCUT2D eigenvalue weighted by Crippen LogP contribution is 2.35. The Morgan fingerprint density at radius 3 is 2.95 bits per heavy atom. The summed E-state index contributed by atoms with van der Waals surface area (Å²) in [5, 5.41) is 14.1. The van der Waals surface area contributed by atoms with Crippen molar-refractivity contribution in [2.24, 2.45) is 12.0 Å². The summed E-state index contributed by atoms with van der Waals surface area (Å²) in [5.41, 5.74) is -0.579. The molecule has 19 heavy (non-hydrogen) atoms. The Balaban J connectivity index is 2.00. The Morgan fingerprint density at radius 1 is 1.42 bits per heavy atom. The van der Waals surface area contributed by atoms with Crippen molar-refractivity contribution in [2.75, 3.05) is 6.79 Å². The Labute approximate surface area is 106 Å². The van der Waals surface area contributed by atoms with Crippen LogP contribution in [0.15, 0.2) is 32.5 Å². The SMILES string of the molecule is C[n+]1[nH]oc(=O)c1C([O-])=Nc1ccc2c(c1)OCO2. The molecular formula is C11H9N3O5. The van der Waals surface area contributed by atoms with Crippen molar-refractivity contribution < 1.29 is 23.8 Å². The van der Waals surface area contributed by atoms with E-state index < -0.39 is 11.5 Å². The predicted octanol–water partition coefficient (Wildman–Crippen LogP) is -1.04. The molecule has 3 rings (SSSR count). The summed E-state index contributed by atoms with van der Waals surface area (Å²) in [6.45, 7) is 0.142. The molecule has 1 aromatic carbocycles. The van der Waals surface area contributed by atoms with Crippen molar-refractivity contribution in [3.8, 4) is 11.5 Å². The average molecular weight is 263 g/mol. The van der Waals surface area contributed by atoms with Gasteiger partial charge in [0.05, 0.1) is 11.6 Å². The number of nitrogens with one attached hydrogen (secondary N) is 1. The number of aryl methyl sites for hydroxylation is 1. The summed E-state index contributed by atoms with van der Waals surface area (Å²) < 4.78 is 16.0. The molecule has 0 atom stereocenters. The van der Waals surface area contributed by atoms with E-state index in [-0.39, 0.29) is 12.5 Å². The van der Waals surface area contributed by atoms with Gasteiger partial charge in [0.25, 0.3) is 0 Å². The highest BCUT2D eigenvalue weighted by molar-refractivity contribution is 5.88. The Morgan fingerprint density at radius 2 is 2.21 bits per heavy atom. The molecule has 0 amide bonds. The van der Waals surface area contributed by atoms with Gasteiger partial charge in [0, 0.05) is 6.07 Å². The topological polar surface area (TPSA) is 104 Å². The van der Waals surface area contributed by atoms with Gasteiger partial charge in [0.2, 0.25) is 6.79 Å². The van der Waals surface area contributed by atoms with Gasteiger partial charge in [0.15, 0.2) is 18.5 Å². The van der Waals surface area contributed by atoms with Crippen molar-refractivity contribution in [2.45, 2.75) is 0 Å². The second-order valence-electron chi connectivity index (χ2n) is 3.84. The third-order valence-corrected chi connectivity index (χ3v) is 2.59. The third kappa shape index (κ3) is 1.92. The van der Waals surface area contributed by atoms with Crippen molar-refractivity contribution in [3.63, 3.8) is 0 Å². The molecule has 0 fully saturated rings. The molecular weight excluding hydrogens is 254 g/mol. The summed E-state index contributed by atoms with van der Waals surface area (Å²) in [7, 11) is 1.48. The summed E-state index contributed by atoms with van der Waals surface area (Å²) in [6.07, 6.45) is 0. The number of hydrogen-bond donors (Lipinski definition) is 1. The Kier molecular flexibility index (Phi) is 2.48. The second kappa shape index (κ2) is 4.16. The van der Waals surface area contributed by atoms with E-state index in [2.05, 4.69) is 14.8 Å². The van der Waals surface area contributed by atoms with Crippen molar-refractivity contribution >= 4 is 11.6 Å². The molecule has 2 aromatic rings. The van der Waals surface area contributed by atoms with E-state index in [1.54, 1.807) is 18.2 Å². The number of H-pyrrole nitrogens is 1. The van der Waals surface area contributed by atoms with Crippen LogP contribution >= 0.6 is 0 Å². The standard InChI is InChI=1S/C11H9N3O5/c1-14-9(11(16)19-13-14)10(15)12-6-2-3-7-8(4-6)18-5-17-7/h2-4H,5H2,1H3,(H-,12,13,15,16). The quantitative estimate of drug-likeness (QED) is 0.423. The first-order valence-electron chi connectivity index (χ1n) is 5.38. The van der Waals surface area contributed by atoms with E-state index in [0.717, 1.165) is 0 Å². The summed E-state index contributed by atoms with van der Waals surface area (Å²) in [5.74, 6) is 0.411. The number of aliphatic imine (C=N–C) groups is 1. The highest BCUT2D eigenvalue weighted by Gasteiger charge is 2.18. The average Bonchev–Trinajstić information content (AvgIpc) is 2.95. The van der Waals surface area contributed by atoms with Crippen LogP contribution in [-0.2, 0) is 7.05 Å². The highest BCUT2D eigenvalue weighted by atomic mass is 16.7. The number of hydrogen-bond acceptors (Lipinski definition) is 6. The molecule has 1 aromatic heterocycles. The zero-order valence-electron chi connectivity index (χ0n) is 9.87. The molecule has 0 spiro atoms. The van der Waals surface area contributed by atoms with E-state index in [1.807, 2.05) is 0 Å². The van der Waals surface area contributed by atoms with Gasteiger partial charge in [0.1, 0.15) is 0 Å². The van der Waals surface area contributed by atoms with Crippen molar-refractivity contribution in [1.29, 1.82) is 0 Å². The van der Waals surface area contributed by atoms with Gasteiger partial charge < -0.3 is 14.6 Å². The third-order valence-electron chi connectivity index (χ3n) is 2.59. The van der Waals surface area contributed by atoms with Crippen LogP contribution in [0.2, 0.25) is 0 Å². The summed E-state index contributed by atoms with van der Waals surface area (Å²) in [4.78, 5) is 15.1. The molecule has 0 bridgehead atoms. The molecule has 0 saturated carbocycles. The van der Waals surface area contributed by atoms with E-state index in [4.69, 9.17) is 9.47 Å². The van der Waals surface area contributed by atoms with Crippen molar-refractivity contribution in [3.05, 3.63) is 34.3 Å². The zero-order valence-corrected chi connectivity index (χ0v) is 9.87. The van der Waals surface area contributed by atoms with Crippen LogP contribution in [0.1, 0.15) is 5.69 Å². The molecule has 0 radical (unpaired) electrons. The van der Waals surface area contributed by atoms with Gasteiger partial charge in [-0.3, -0.25) is 9.52 Å². The van der Waals surface area contributed by atoms with E-state index in [0.29, 0.717) is 17.2 Å². The lowest BCUT2D eigenvalue weighted by molar-refractivity contribution is -0.742. The van der Waals surface area contributed by atoms with Crippen LogP contribution in [0.25, 0.3) is 0 Å². The van der Waals surface area contributed by atoms with Crippen LogP contribution in [0, 0.1) is 0 Å². The molecule has 98 valence electrons. The number of ether oxygens (including phenoxy) is 2. The zero-order chi connectivity index (χ0) is 13.4. The number of benzene rings is 1. The fourth-order valence-corrected chi connectivity index (χ4v) is 1.70. The smallest absolute Gasteiger partial charge is 0.435 e. The summed E-state index contributed by atoms with van der Waals surface area (Å²) in [6, 6.07) is 4.81. The van der Waals surface area contributed by atoms with E-state index in [9.17, 15) is 9.90 Å². The second-order valence-corrected chi connectivity index (χ2v) is 3.84. The first-order valence-corrected chi connectivity index (χ1v) is 5.38. The van der Waals surface area contributed by atoms with Crippen LogP contribution < -0.4 is 24.9 Å². The number of aromatic amines is 1. The fourth-order valence-electron chi connectivity index (χ4n) is 1.70. The molecule has 0 saturated heterocycles. The van der Waals surface area contributed by atoms with Gasteiger partial charge >= 0.3 is 11.3 Å². The van der Waals surface area contributed by atoms with Crippen LogP contribution in [0.3, 0.4) is 0 Å². The van der Waals surface area contributed by atoms with E-state index >= 15 is 0 Å². The first-order chi connectivity index (χ1) is 9.15. The largest absolute Gasteiger partial charge is 0.854 e. The molecule has 8 heteroatoms. The lowest BCUT2D eigenvalue weighted by Gasteiger charge is -2.03. The predicted molar refractivity (Wildman–Crippen MR) is 59.3 cm³/mol. The molecule has 1 aliphatic rings. The number of rotatable bonds is 2. The van der Waals surface area contributed by atoms with Gasteiger partial charge in [-0.2, -0.15) is 0 Å². The first kappa shape index (κ1) is 11.3. The molecule has 0 aliphatic carbocycles. The Bertz CT molecular complexity index is 715. The molecule has 2 heterocycles. The number of nitrogens with zero attached hydrogens (tertiary/aromatic N) is 2. The lowest BCUT2D eigenvalue weighted by Crippen LogP contribution is -2.43. The molecule has 0 unspecified atom stereocenters. The van der Waals surface area contributed by atoms with Crippen molar-refractivity contribution in [1.82, 2.24) is 5.27 Å². The van der Waals surface area contributed by atoms with Gasteiger partial charge in [-0.25, -0.2) is 4.79 Å². The normalized spacial score (nSPS) is 13.8. The van der Waals surface area contributed by atoms with Gasteiger partial charge in [-0.1, -0.05) is 4.68 Å². The Hall–Kier alpha value is -2.77. The van der Waals surface area contributed by atoms with Gasteiger partial charge in [-0.15, -0.1) is 0 Å². The molecule has 1 aliphatic heterocycles. The minimum atomic E-state index is -0.767.